The highest BCUT2D eigenvalue weighted by atomic mass is 35.5. The van der Waals surface area contributed by atoms with Gasteiger partial charge in [-0.2, -0.15) is 0 Å². The fourth-order valence-electron chi connectivity index (χ4n) is 4.47. The lowest BCUT2D eigenvalue weighted by Gasteiger charge is -2.27. The molecule has 182 valence electrons. The standard InChI is InChI=1S/C24H27ClN2O7/c1-13-21(18-12-31-22(17(18)11-26-13)14-5-7-16(25)8-6-14)32-23(28)15-9-19(33-24(2,3)4)20(10-15)34-27(29)30/h5-8,11,15,19-20,22H,9-10,12H2,1-4H3/t15-,19+,20-,22+/m1/s1. The van der Waals surface area contributed by atoms with Gasteiger partial charge in [-0.3, -0.25) is 9.78 Å². The third-order valence-electron chi connectivity index (χ3n) is 5.91. The van der Waals surface area contributed by atoms with Crippen LogP contribution in [0.4, 0.5) is 0 Å². The van der Waals surface area contributed by atoms with Crippen LogP contribution in [0.3, 0.4) is 0 Å². The van der Waals surface area contributed by atoms with Crippen LogP contribution >= 0.6 is 11.6 Å². The largest absolute Gasteiger partial charge is 0.424 e. The van der Waals surface area contributed by atoms with Crippen molar-refractivity contribution in [3.8, 4) is 5.75 Å². The number of rotatable bonds is 6. The molecule has 34 heavy (non-hydrogen) atoms. The van der Waals surface area contributed by atoms with Gasteiger partial charge in [-0.1, -0.05) is 23.7 Å². The summed E-state index contributed by atoms with van der Waals surface area (Å²) in [5.74, 6) is -0.738. The van der Waals surface area contributed by atoms with E-state index in [9.17, 15) is 14.9 Å². The normalized spacial score (nSPS) is 24.0. The Labute approximate surface area is 202 Å². The Balaban J connectivity index is 1.53. The number of benzene rings is 1. The van der Waals surface area contributed by atoms with Crippen LogP contribution < -0.4 is 4.74 Å². The molecule has 4 rings (SSSR count). The van der Waals surface area contributed by atoms with Crippen molar-refractivity contribution in [3.05, 3.63) is 68.0 Å². The molecule has 10 heteroatoms. The highest BCUT2D eigenvalue weighted by molar-refractivity contribution is 6.30. The molecule has 0 bridgehead atoms. The molecule has 1 aromatic heterocycles. The average Bonchev–Trinajstić information content (AvgIpc) is 3.33. The predicted octanol–water partition coefficient (Wildman–Crippen LogP) is 4.74. The number of aromatic nitrogens is 1. The van der Waals surface area contributed by atoms with E-state index in [-0.39, 0.29) is 25.6 Å². The van der Waals surface area contributed by atoms with Crippen LogP contribution in [0.15, 0.2) is 30.5 Å². The van der Waals surface area contributed by atoms with Crippen LogP contribution in [0.1, 0.15) is 62.1 Å². The summed E-state index contributed by atoms with van der Waals surface area (Å²) in [5.41, 5.74) is 2.52. The zero-order valence-electron chi connectivity index (χ0n) is 19.4. The van der Waals surface area contributed by atoms with E-state index in [4.69, 9.17) is 30.6 Å². The van der Waals surface area contributed by atoms with Crippen LogP contribution in [-0.2, 0) is 25.7 Å². The summed E-state index contributed by atoms with van der Waals surface area (Å²) in [5, 5.41) is 10.7. The van der Waals surface area contributed by atoms with Crippen molar-refractivity contribution in [1.29, 1.82) is 0 Å². The summed E-state index contributed by atoms with van der Waals surface area (Å²) in [6, 6.07) is 7.36. The molecule has 0 spiro atoms. The third kappa shape index (κ3) is 5.32. The van der Waals surface area contributed by atoms with Crippen molar-refractivity contribution in [2.45, 2.75) is 71.1 Å². The molecule has 1 aromatic carbocycles. The van der Waals surface area contributed by atoms with E-state index in [2.05, 4.69) is 4.98 Å². The summed E-state index contributed by atoms with van der Waals surface area (Å²) >= 11 is 6.00. The number of carbonyl (C=O) groups is 1. The second-order valence-electron chi connectivity index (χ2n) is 9.57. The highest BCUT2D eigenvalue weighted by Gasteiger charge is 2.44. The molecule has 0 amide bonds. The molecule has 4 atom stereocenters. The number of aryl methyl sites for hydroxylation is 1. The Morgan fingerprint density at radius 2 is 1.88 bits per heavy atom. The number of fused-ring (bicyclic) bond motifs is 1. The van der Waals surface area contributed by atoms with Gasteiger partial charge in [-0.15, -0.1) is 10.1 Å². The van der Waals surface area contributed by atoms with Crippen molar-refractivity contribution < 1.29 is 28.9 Å². The zero-order chi connectivity index (χ0) is 24.6. The number of pyridine rings is 1. The molecular weight excluding hydrogens is 464 g/mol. The second-order valence-corrected chi connectivity index (χ2v) is 10.0. The first-order chi connectivity index (χ1) is 16.0. The van der Waals surface area contributed by atoms with E-state index in [0.29, 0.717) is 16.5 Å². The van der Waals surface area contributed by atoms with Gasteiger partial charge in [-0.05, 0) is 58.2 Å². The van der Waals surface area contributed by atoms with Gasteiger partial charge in [0, 0.05) is 22.3 Å². The van der Waals surface area contributed by atoms with Gasteiger partial charge in [-0.25, -0.2) is 0 Å². The number of hydrogen-bond donors (Lipinski definition) is 0. The Hall–Kier alpha value is -2.75. The Morgan fingerprint density at radius 1 is 1.21 bits per heavy atom. The number of ether oxygens (including phenoxy) is 3. The number of esters is 1. The van der Waals surface area contributed by atoms with E-state index in [1.54, 1.807) is 25.3 Å². The van der Waals surface area contributed by atoms with Gasteiger partial charge < -0.3 is 19.0 Å². The lowest BCUT2D eigenvalue weighted by molar-refractivity contribution is -0.770. The number of nitrogens with zero attached hydrogens (tertiary/aromatic N) is 2. The molecule has 1 saturated carbocycles. The predicted molar refractivity (Wildman–Crippen MR) is 122 cm³/mol. The lowest BCUT2D eigenvalue weighted by Crippen LogP contribution is -2.35. The van der Waals surface area contributed by atoms with E-state index in [1.807, 2.05) is 32.9 Å². The fraction of sp³-hybridized carbons (Fsp3) is 0.500. The maximum Gasteiger partial charge on any atom is 0.314 e. The fourth-order valence-corrected chi connectivity index (χ4v) is 4.60. The van der Waals surface area contributed by atoms with E-state index >= 15 is 0 Å². The molecule has 0 radical (unpaired) electrons. The average molecular weight is 491 g/mol. The quantitative estimate of drug-likeness (QED) is 0.324. The van der Waals surface area contributed by atoms with Crippen LogP contribution in [0.25, 0.3) is 0 Å². The van der Waals surface area contributed by atoms with Crippen molar-refractivity contribution in [1.82, 2.24) is 4.98 Å². The van der Waals surface area contributed by atoms with Crippen molar-refractivity contribution in [2.24, 2.45) is 5.92 Å². The smallest absolute Gasteiger partial charge is 0.314 e. The zero-order valence-corrected chi connectivity index (χ0v) is 20.2. The van der Waals surface area contributed by atoms with Crippen LogP contribution in [-0.4, -0.2) is 33.8 Å². The maximum atomic E-state index is 13.1. The molecule has 2 aromatic rings. The molecule has 1 aliphatic heterocycles. The molecular formula is C24H27ClN2O7. The van der Waals surface area contributed by atoms with Crippen LogP contribution in [0, 0.1) is 23.0 Å². The summed E-state index contributed by atoms with van der Waals surface area (Å²) < 4.78 is 17.8. The third-order valence-corrected chi connectivity index (χ3v) is 6.16. The minimum Gasteiger partial charge on any atom is -0.424 e. The van der Waals surface area contributed by atoms with Crippen LogP contribution in [0.5, 0.6) is 5.75 Å². The first-order valence-corrected chi connectivity index (χ1v) is 11.5. The summed E-state index contributed by atoms with van der Waals surface area (Å²) in [6.45, 7) is 7.57. The number of halogens is 1. The molecule has 9 nitrogen and oxygen atoms in total. The molecule has 1 fully saturated rings. The van der Waals surface area contributed by atoms with Crippen molar-refractivity contribution in [3.63, 3.8) is 0 Å². The molecule has 0 saturated heterocycles. The Bertz CT molecular complexity index is 1080. The number of carbonyl (C=O) groups excluding carboxylic acids is 1. The van der Waals surface area contributed by atoms with E-state index < -0.39 is 34.8 Å². The van der Waals surface area contributed by atoms with Gasteiger partial charge in [0.1, 0.15) is 12.2 Å². The topological polar surface area (TPSA) is 110 Å². The monoisotopic (exact) mass is 490 g/mol. The van der Waals surface area contributed by atoms with Gasteiger partial charge in [0.25, 0.3) is 5.09 Å². The van der Waals surface area contributed by atoms with Gasteiger partial charge in [0.05, 0.1) is 29.9 Å². The summed E-state index contributed by atoms with van der Waals surface area (Å²) in [4.78, 5) is 33.3. The molecule has 2 aliphatic rings. The molecule has 2 heterocycles. The first kappa shape index (κ1) is 24.4. The van der Waals surface area contributed by atoms with Gasteiger partial charge in [0.2, 0.25) is 0 Å². The lowest BCUT2D eigenvalue weighted by atomic mass is 10.00. The van der Waals surface area contributed by atoms with E-state index in [1.165, 1.54) is 0 Å². The SMILES string of the molecule is Cc1ncc2c(c1OC(=O)[C@@H]1C[C@H](OC(C)(C)C)[C@H](O[N+](=O)[O-])C1)CO[C@H]2c1ccc(Cl)cc1. The highest BCUT2D eigenvalue weighted by Crippen LogP contribution is 2.42. The first-order valence-electron chi connectivity index (χ1n) is 11.1. The Morgan fingerprint density at radius 3 is 2.53 bits per heavy atom. The van der Waals surface area contributed by atoms with Crippen molar-refractivity contribution >= 4 is 17.6 Å². The second kappa shape index (κ2) is 9.48. The molecule has 0 N–H and O–H groups in total. The molecule has 0 unspecified atom stereocenters. The van der Waals surface area contributed by atoms with E-state index in [0.717, 1.165) is 16.7 Å². The van der Waals surface area contributed by atoms with Gasteiger partial charge >= 0.3 is 5.97 Å². The van der Waals surface area contributed by atoms with Gasteiger partial charge in [0.15, 0.2) is 5.75 Å². The Kier molecular flexibility index (Phi) is 6.80. The maximum absolute atomic E-state index is 13.1. The minimum absolute atomic E-state index is 0.131. The molecule has 1 aliphatic carbocycles. The van der Waals surface area contributed by atoms with Crippen molar-refractivity contribution in [2.75, 3.05) is 0 Å². The summed E-state index contributed by atoms with van der Waals surface area (Å²) in [6.07, 6.45) is 0.349. The summed E-state index contributed by atoms with van der Waals surface area (Å²) in [7, 11) is 0. The number of hydrogen-bond acceptors (Lipinski definition) is 8. The minimum atomic E-state index is -0.843. The van der Waals surface area contributed by atoms with Crippen LogP contribution in [0.2, 0.25) is 5.02 Å².